The van der Waals surface area contributed by atoms with Crippen molar-refractivity contribution in [2.45, 2.75) is 19.8 Å². The number of para-hydroxylation sites is 1. The fourth-order valence-corrected chi connectivity index (χ4v) is 3.53. The number of likely N-dealkylation sites (N-methyl/N-ethyl adjacent to an activating group) is 2. The van der Waals surface area contributed by atoms with Crippen LogP contribution in [0, 0.1) is 0 Å². The van der Waals surface area contributed by atoms with Gasteiger partial charge in [0.1, 0.15) is 0 Å². The van der Waals surface area contributed by atoms with Crippen molar-refractivity contribution >= 4 is 29.1 Å². The monoisotopic (exact) mass is 443 g/mol. The summed E-state index contributed by atoms with van der Waals surface area (Å²) in [5, 5.41) is 2.71. The van der Waals surface area contributed by atoms with Crippen LogP contribution in [0.1, 0.15) is 28.4 Å². The van der Waals surface area contributed by atoms with Crippen LogP contribution in [0.2, 0.25) is 0 Å². The molecule has 0 saturated heterocycles. The van der Waals surface area contributed by atoms with Crippen LogP contribution >= 0.6 is 0 Å². The predicted octanol–water partition coefficient (Wildman–Crippen LogP) is 4.17. The Labute approximate surface area is 194 Å². The van der Waals surface area contributed by atoms with Gasteiger partial charge in [-0.2, -0.15) is 0 Å². The van der Waals surface area contributed by atoms with Gasteiger partial charge in [0.2, 0.25) is 11.8 Å². The summed E-state index contributed by atoms with van der Waals surface area (Å²) in [5.41, 5.74) is 3.74. The molecule has 3 amide bonds. The third kappa shape index (κ3) is 6.53. The fraction of sp³-hybridized carbons (Fsp3) is 0.222. The summed E-state index contributed by atoms with van der Waals surface area (Å²) in [6, 6.07) is 24.4. The Morgan fingerprint density at radius 1 is 0.788 bits per heavy atom. The minimum atomic E-state index is -0.145. The van der Waals surface area contributed by atoms with E-state index >= 15 is 0 Å². The molecule has 0 atom stereocenters. The zero-order valence-electron chi connectivity index (χ0n) is 19.2. The van der Waals surface area contributed by atoms with Crippen molar-refractivity contribution < 1.29 is 14.4 Å². The Hall–Kier alpha value is -3.93. The van der Waals surface area contributed by atoms with Gasteiger partial charge in [0.15, 0.2) is 0 Å². The third-order valence-electron chi connectivity index (χ3n) is 5.42. The van der Waals surface area contributed by atoms with Gasteiger partial charge in [0, 0.05) is 33.3 Å². The SMILES string of the molecule is CC(=O)Nc1ccc(CC(=O)N(C)c2ccccc2C(=O)N(C)CCc2ccccc2)cc1. The second-order valence-corrected chi connectivity index (χ2v) is 7.99. The molecule has 0 fully saturated rings. The van der Waals surface area contributed by atoms with E-state index in [2.05, 4.69) is 5.32 Å². The van der Waals surface area contributed by atoms with Gasteiger partial charge in [0.05, 0.1) is 17.7 Å². The highest BCUT2D eigenvalue weighted by Gasteiger charge is 2.21. The summed E-state index contributed by atoms with van der Waals surface area (Å²) in [7, 11) is 3.46. The maximum absolute atomic E-state index is 13.2. The van der Waals surface area contributed by atoms with Gasteiger partial charge < -0.3 is 15.1 Å². The Morgan fingerprint density at radius 3 is 2.09 bits per heavy atom. The first-order valence-electron chi connectivity index (χ1n) is 10.9. The molecule has 170 valence electrons. The van der Waals surface area contributed by atoms with E-state index in [1.165, 1.54) is 17.4 Å². The summed E-state index contributed by atoms with van der Waals surface area (Å²) < 4.78 is 0. The number of anilines is 2. The first-order chi connectivity index (χ1) is 15.8. The van der Waals surface area contributed by atoms with Crippen LogP contribution in [0.3, 0.4) is 0 Å². The van der Waals surface area contributed by atoms with Crippen molar-refractivity contribution in [3.63, 3.8) is 0 Å². The van der Waals surface area contributed by atoms with Crippen LogP contribution in [0.25, 0.3) is 0 Å². The van der Waals surface area contributed by atoms with E-state index < -0.39 is 0 Å². The molecule has 33 heavy (non-hydrogen) atoms. The number of benzene rings is 3. The second kappa shape index (κ2) is 11.1. The highest BCUT2D eigenvalue weighted by atomic mass is 16.2. The van der Waals surface area contributed by atoms with E-state index in [4.69, 9.17) is 0 Å². The predicted molar refractivity (Wildman–Crippen MR) is 131 cm³/mol. The average Bonchev–Trinajstić information content (AvgIpc) is 2.83. The van der Waals surface area contributed by atoms with Crippen molar-refractivity contribution in [1.29, 1.82) is 0 Å². The highest BCUT2D eigenvalue weighted by Crippen LogP contribution is 2.22. The number of carbonyl (C=O) groups excluding carboxylic acids is 3. The third-order valence-corrected chi connectivity index (χ3v) is 5.42. The molecule has 3 rings (SSSR count). The molecule has 0 aliphatic heterocycles. The molecule has 0 bridgehead atoms. The van der Waals surface area contributed by atoms with Crippen molar-refractivity contribution in [3.05, 3.63) is 95.6 Å². The summed E-state index contributed by atoms with van der Waals surface area (Å²) in [4.78, 5) is 40.5. The van der Waals surface area contributed by atoms with Gasteiger partial charge >= 0.3 is 0 Å². The van der Waals surface area contributed by atoms with Gasteiger partial charge in [-0.25, -0.2) is 0 Å². The highest BCUT2D eigenvalue weighted by molar-refractivity contribution is 6.04. The smallest absolute Gasteiger partial charge is 0.255 e. The summed E-state index contributed by atoms with van der Waals surface area (Å²) >= 11 is 0. The number of rotatable bonds is 8. The number of amides is 3. The molecule has 0 unspecified atom stereocenters. The molecule has 6 heteroatoms. The molecule has 0 aliphatic carbocycles. The lowest BCUT2D eigenvalue weighted by Gasteiger charge is -2.23. The van der Waals surface area contributed by atoms with Gasteiger partial charge in [-0.05, 0) is 41.8 Å². The summed E-state index contributed by atoms with van der Waals surface area (Å²) in [6.45, 7) is 2.03. The molecule has 0 spiro atoms. The van der Waals surface area contributed by atoms with Crippen molar-refractivity contribution in [3.8, 4) is 0 Å². The van der Waals surface area contributed by atoms with Crippen molar-refractivity contribution in [1.82, 2.24) is 4.90 Å². The van der Waals surface area contributed by atoms with Crippen molar-refractivity contribution in [2.24, 2.45) is 0 Å². The topological polar surface area (TPSA) is 69.7 Å². The zero-order valence-corrected chi connectivity index (χ0v) is 19.2. The average molecular weight is 444 g/mol. The molecular weight excluding hydrogens is 414 g/mol. The van der Waals surface area contributed by atoms with E-state index in [9.17, 15) is 14.4 Å². The van der Waals surface area contributed by atoms with E-state index in [1.807, 2.05) is 48.5 Å². The molecule has 0 aliphatic rings. The minimum Gasteiger partial charge on any atom is -0.341 e. The minimum absolute atomic E-state index is 0.124. The Kier molecular flexibility index (Phi) is 7.97. The quantitative estimate of drug-likeness (QED) is 0.568. The molecule has 1 N–H and O–H groups in total. The number of hydrogen-bond acceptors (Lipinski definition) is 3. The zero-order chi connectivity index (χ0) is 23.8. The van der Waals surface area contributed by atoms with Gasteiger partial charge in [-0.3, -0.25) is 14.4 Å². The van der Waals surface area contributed by atoms with Crippen LogP contribution < -0.4 is 10.2 Å². The molecule has 0 radical (unpaired) electrons. The first kappa shape index (κ1) is 23.7. The molecule has 6 nitrogen and oxygen atoms in total. The molecule has 0 aromatic heterocycles. The number of hydrogen-bond donors (Lipinski definition) is 1. The molecular formula is C27H29N3O3. The summed E-state index contributed by atoms with van der Waals surface area (Å²) in [5.74, 6) is -0.399. The van der Waals surface area contributed by atoms with Crippen molar-refractivity contribution in [2.75, 3.05) is 30.9 Å². The second-order valence-electron chi connectivity index (χ2n) is 7.99. The van der Waals surface area contributed by atoms with Crippen LogP contribution in [0.4, 0.5) is 11.4 Å². The lowest BCUT2D eigenvalue weighted by molar-refractivity contribution is -0.117. The Morgan fingerprint density at radius 2 is 1.42 bits per heavy atom. The molecule has 0 heterocycles. The van der Waals surface area contributed by atoms with Gasteiger partial charge in [0.25, 0.3) is 5.91 Å². The van der Waals surface area contributed by atoms with Gasteiger partial charge in [-0.1, -0.05) is 54.6 Å². The normalized spacial score (nSPS) is 10.4. The van der Waals surface area contributed by atoms with Crippen LogP contribution in [0.15, 0.2) is 78.9 Å². The standard InChI is InChI=1S/C27H29N3O3/c1-20(31)28-23-15-13-22(14-16-23)19-26(32)30(3)25-12-8-7-11-24(25)27(33)29(2)18-17-21-9-5-4-6-10-21/h4-16H,17-19H2,1-3H3,(H,28,31). The lowest BCUT2D eigenvalue weighted by Crippen LogP contribution is -2.33. The fourth-order valence-electron chi connectivity index (χ4n) is 3.53. The molecule has 0 saturated carbocycles. The van der Waals surface area contributed by atoms with E-state index in [-0.39, 0.29) is 24.1 Å². The van der Waals surface area contributed by atoms with Gasteiger partial charge in [-0.15, -0.1) is 0 Å². The number of nitrogens with one attached hydrogen (secondary N) is 1. The molecule has 3 aromatic carbocycles. The summed E-state index contributed by atoms with van der Waals surface area (Å²) in [6.07, 6.45) is 0.942. The van der Waals surface area contributed by atoms with E-state index in [1.54, 1.807) is 49.3 Å². The maximum Gasteiger partial charge on any atom is 0.255 e. The first-order valence-corrected chi connectivity index (χ1v) is 10.9. The number of nitrogens with zero attached hydrogens (tertiary/aromatic N) is 2. The van der Waals surface area contributed by atoms with E-state index in [0.29, 0.717) is 23.5 Å². The Bertz CT molecular complexity index is 1110. The molecule has 3 aromatic rings. The lowest BCUT2D eigenvalue weighted by atomic mass is 10.1. The van der Waals surface area contributed by atoms with Crippen LogP contribution in [-0.4, -0.2) is 43.3 Å². The Balaban J connectivity index is 1.68. The van der Waals surface area contributed by atoms with E-state index in [0.717, 1.165) is 12.0 Å². The maximum atomic E-state index is 13.2. The van der Waals surface area contributed by atoms with Crippen LogP contribution in [0.5, 0.6) is 0 Å². The largest absolute Gasteiger partial charge is 0.341 e. The number of carbonyl (C=O) groups is 3. The van der Waals surface area contributed by atoms with Crippen LogP contribution in [-0.2, 0) is 22.4 Å².